The molecule has 1 atom stereocenters. The Hall–Kier alpha value is -1.13. The zero-order valence-corrected chi connectivity index (χ0v) is 7.26. The number of hydrogen-bond acceptors (Lipinski definition) is 2. The fourth-order valence-corrected chi connectivity index (χ4v) is 0.778. The minimum absolute atomic E-state index is 0.462. The number of rotatable bonds is 0. The normalized spacial score (nSPS) is 28.5. The fraction of sp³-hybridized carbons (Fsp3) is 0.500. The molecule has 0 saturated heterocycles. The molecule has 0 amide bonds. The molecule has 0 aromatic rings. The molecule has 0 aromatic heterocycles. The Kier molecular flexibility index (Phi) is 2.28. The largest absolute Gasteiger partial charge is 0.402 e. The molecule has 13 heavy (non-hydrogen) atoms. The first kappa shape index (κ1) is 9.95. The van der Waals surface area contributed by atoms with Crippen LogP contribution in [0, 0.1) is 5.41 Å². The first-order valence-corrected chi connectivity index (χ1v) is 3.70. The number of nitrogens with zero attached hydrogens (tertiary/aromatic N) is 2. The van der Waals surface area contributed by atoms with Crippen LogP contribution in [-0.4, -0.2) is 18.1 Å². The Labute approximate surface area is 73.9 Å². The van der Waals surface area contributed by atoms with Gasteiger partial charge in [0.2, 0.25) is 0 Å². The summed E-state index contributed by atoms with van der Waals surface area (Å²) in [6.45, 7) is 2.65. The van der Waals surface area contributed by atoms with E-state index in [2.05, 4.69) is 10.2 Å². The van der Waals surface area contributed by atoms with Gasteiger partial charge in [0.25, 0.3) is 0 Å². The van der Waals surface area contributed by atoms with E-state index in [0.717, 1.165) is 19.2 Å². The molecule has 0 aliphatic carbocycles. The highest BCUT2D eigenvalue weighted by Crippen LogP contribution is 2.38. The second-order valence-electron chi connectivity index (χ2n) is 3.10. The molecular formula is C8H9F3N2. The first-order valence-electron chi connectivity index (χ1n) is 3.70. The summed E-state index contributed by atoms with van der Waals surface area (Å²) in [6.07, 6.45) is -1.14. The van der Waals surface area contributed by atoms with E-state index in [-0.39, 0.29) is 0 Å². The van der Waals surface area contributed by atoms with Crippen LogP contribution in [0.3, 0.4) is 0 Å². The highest BCUT2D eigenvalue weighted by atomic mass is 19.4. The van der Waals surface area contributed by atoms with Crippen LogP contribution in [0.4, 0.5) is 13.2 Å². The summed E-state index contributed by atoms with van der Waals surface area (Å²) < 4.78 is 37.3. The second-order valence-corrected chi connectivity index (χ2v) is 3.10. The van der Waals surface area contributed by atoms with E-state index >= 15 is 0 Å². The molecular weight excluding hydrogens is 181 g/mol. The quantitative estimate of drug-likeness (QED) is 0.560. The van der Waals surface area contributed by atoms with Crippen molar-refractivity contribution in [2.75, 3.05) is 0 Å². The Morgan fingerprint density at radius 2 is 2.00 bits per heavy atom. The van der Waals surface area contributed by atoms with Crippen LogP contribution in [0.5, 0.6) is 0 Å². The van der Waals surface area contributed by atoms with Gasteiger partial charge in [-0.05, 0) is 19.9 Å². The summed E-state index contributed by atoms with van der Waals surface area (Å²) in [7, 11) is 0. The summed E-state index contributed by atoms with van der Waals surface area (Å²) in [6, 6.07) is 0. The molecule has 2 nitrogen and oxygen atoms in total. The second kappa shape index (κ2) is 2.97. The standard InChI is InChI=1S/C8H9F3N2/c1-6-3-4-7(2,5-12-13-6)8(9,10)11/h3-5H,1-2H3. The zero-order valence-electron chi connectivity index (χ0n) is 7.26. The highest BCUT2D eigenvalue weighted by Gasteiger charge is 2.48. The molecule has 1 unspecified atom stereocenters. The predicted molar refractivity (Wildman–Crippen MR) is 44.9 cm³/mol. The maximum atomic E-state index is 12.4. The van der Waals surface area contributed by atoms with Crippen molar-refractivity contribution >= 4 is 11.9 Å². The van der Waals surface area contributed by atoms with Gasteiger partial charge in [0, 0.05) is 6.21 Å². The van der Waals surface area contributed by atoms with Gasteiger partial charge < -0.3 is 0 Å². The third-order valence-electron chi connectivity index (χ3n) is 1.82. The van der Waals surface area contributed by atoms with Crippen LogP contribution in [0.25, 0.3) is 0 Å². The lowest BCUT2D eigenvalue weighted by Gasteiger charge is -2.23. The monoisotopic (exact) mass is 190 g/mol. The Morgan fingerprint density at radius 1 is 1.38 bits per heavy atom. The molecule has 0 N–H and O–H groups in total. The van der Waals surface area contributed by atoms with Crippen molar-refractivity contribution in [3.05, 3.63) is 12.2 Å². The van der Waals surface area contributed by atoms with E-state index < -0.39 is 11.6 Å². The van der Waals surface area contributed by atoms with E-state index in [0.29, 0.717) is 5.71 Å². The van der Waals surface area contributed by atoms with Gasteiger partial charge in [0.05, 0.1) is 5.71 Å². The zero-order chi connectivity index (χ0) is 10.1. The maximum Gasteiger partial charge on any atom is 0.402 e. The molecule has 1 aliphatic heterocycles. The topological polar surface area (TPSA) is 24.7 Å². The van der Waals surface area contributed by atoms with Crippen LogP contribution < -0.4 is 0 Å². The van der Waals surface area contributed by atoms with Crippen molar-refractivity contribution in [1.29, 1.82) is 0 Å². The summed E-state index contributed by atoms with van der Waals surface area (Å²) in [4.78, 5) is 0. The van der Waals surface area contributed by atoms with Crippen molar-refractivity contribution in [3.63, 3.8) is 0 Å². The van der Waals surface area contributed by atoms with Gasteiger partial charge >= 0.3 is 6.18 Å². The average molecular weight is 190 g/mol. The van der Waals surface area contributed by atoms with Crippen molar-refractivity contribution in [1.82, 2.24) is 0 Å². The van der Waals surface area contributed by atoms with Crippen molar-refractivity contribution in [2.24, 2.45) is 15.6 Å². The maximum absolute atomic E-state index is 12.4. The molecule has 0 radical (unpaired) electrons. The summed E-state index contributed by atoms with van der Waals surface area (Å²) in [5.41, 5.74) is -1.54. The van der Waals surface area contributed by atoms with E-state index in [1.165, 1.54) is 6.08 Å². The molecule has 72 valence electrons. The van der Waals surface area contributed by atoms with Gasteiger partial charge in [0.15, 0.2) is 0 Å². The number of alkyl halides is 3. The van der Waals surface area contributed by atoms with Crippen LogP contribution in [0.1, 0.15) is 13.8 Å². The third-order valence-corrected chi connectivity index (χ3v) is 1.82. The van der Waals surface area contributed by atoms with Gasteiger partial charge in [-0.15, -0.1) is 0 Å². The molecule has 0 aromatic carbocycles. The summed E-state index contributed by atoms with van der Waals surface area (Å²) >= 11 is 0. The Bertz CT molecular complexity index is 288. The van der Waals surface area contributed by atoms with Crippen LogP contribution >= 0.6 is 0 Å². The lowest BCUT2D eigenvalue weighted by atomic mass is 9.91. The Balaban J connectivity index is 3.03. The van der Waals surface area contributed by atoms with Gasteiger partial charge in [-0.2, -0.15) is 23.4 Å². The fourth-order valence-electron chi connectivity index (χ4n) is 0.778. The van der Waals surface area contributed by atoms with Crippen LogP contribution in [0.15, 0.2) is 22.4 Å². The molecule has 5 heteroatoms. The van der Waals surface area contributed by atoms with Crippen molar-refractivity contribution in [2.45, 2.75) is 20.0 Å². The average Bonchev–Trinajstić information content (AvgIpc) is 2.13. The molecule has 0 spiro atoms. The van der Waals surface area contributed by atoms with Crippen LogP contribution in [0.2, 0.25) is 0 Å². The predicted octanol–water partition coefficient (Wildman–Crippen LogP) is 2.57. The van der Waals surface area contributed by atoms with Gasteiger partial charge in [0.1, 0.15) is 5.41 Å². The lowest BCUT2D eigenvalue weighted by Crippen LogP contribution is -2.34. The SMILES string of the molecule is CC1=NN=CC(C)(C(F)(F)F)C=C1. The Morgan fingerprint density at radius 3 is 2.54 bits per heavy atom. The molecule has 0 fully saturated rings. The van der Waals surface area contributed by atoms with E-state index in [1.54, 1.807) is 6.92 Å². The molecule has 1 heterocycles. The van der Waals surface area contributed by atoms with Crippen molar-refractivity contribution < 1.29 is 13.2 Å². The van der Waals surface area contributed by atoms with Crippen molar-refractivity contribution in [3.8, 4) is 0 Å². The van der Waals surface area contributed by atoms with Gasteiger partial charge in [-0.1, -0.05) is 6.08 Å². The number of hydrogen-bond donors (Lipinski definition) is 0. The minimum atomic E-state index is -4.33. The molecule has 1 rings (SSSR count). The number of halogens is 3. The summed E-state index contributed by atoms with van der Waals surface area (Å²) in [5, 5.41) is 6.88. The molecule has 0 bridgehead atoms. The van der Waals surface area contributed by atoms with E-state index in [1.807, 2.05) is 0 Å². The van der Waals surface area contributed by atoms with E-state index in [9.17, 15) is 13.2 Å². The van der Waals surface area contributed by atoms with Gasteiger partial charge in [-0.25, -0.2) is 0 Å². The molecule has 0 saturated carbocycles. The lowest BCUT2D eigenvalue weighted by molar-refractivity contribution is -0.174. The summed E-state index contributed by atoms with van der Waals surface area (Å²) in [5.74, 6) is 0. The first-order chi connectivity index (χ1) is 5.85. The third kappa shape index (κ3) is 1.96. The van der Waals surface area contributed by atoms with E-state index in [4.69, 9.17) is 0 Å². The number of allylic oxidation sites excluding steroid dienone is 2. The van der Waals surface area contributed by atoms with Crippen LogP contribution in [-0.2, 0) is 0 Å². The molecule has 1 aliphatic rings. The van der Waals surface area contributed by atoms with Gasteiger partial charge in [-0.3, -0.25) is 0 Å². The highest BCUT2D eigenvalue weighted by molar-refractivity contribution is 5.94. The minimum Gasteiger partial charge on any atom is -0.170 e. The smallest absolute Gasteiger partial charge is 0.170 e.